The topological polar surface area (TPSA) is 87.7 Å². The Morgan fingerprint density at radius 1 is 1.03 bits per heavy atom. The molecule has 0 saturated heterocycles. The minimum Gasteiger partial charge on any atom is -0.444 e. The molecule has 0 aliphatic heterocycles. The zero-order valence-electron chi connectivity index (χ0n) is 24.6. The quantitative estimate of drug-likeness (QED) is 0.327. The Balaban J connectivity index is 3.56. The van der Waals surface area contributed by atoms with Gasteiger partial charge in [-0.25, -0.2) is 4.79 Å². The third kappa shape index (κ3) is 10.6. The third-order valence-electron chi connectivity index (χ3n) is 6.40. The molecule has 1 aromatic carbocycles. The van der Waals surface area contributed by atoms with Crippen molar-refractivity contribution < 1.29 is 19.1 Å². The summed E-state index contributed by atoms with van der Waals surface area (Å²) in [4.78, 5) is 42.4. The number of ether oxygens (including phenoxy) is 1. The summed E-state index contributed by atoms with van der Waals surface area (Å²) in [6.07, 6.45) is 4.20. The highest BCUT2D eigenvalue weighted by molar-refractivity contribution is 7.98. The van der Waals surface area contributed by atoms with Gasteiger partial charge < -0.3 is 20.3 Å². The Morgan fingerprint density at radius 3 is 2.19 bits per heavy atom. The van der Waals surface area contributed by atoms with Crippen molar-refractivity contribution in [2.45, 2.75) is 118 Å². The van der Waals surface area contributed by atoms with Gasteiger partial charge in [-0.1, -0.05) is 38.5 Å². The van der Waals surface area contributed by atoms with E-state index >= 15 is 0 Å². The number of benzene rings is 1. The predicted octanol–water partition coefficient (Wildman–Crippen LogP) is 5.92. The number of thioether (sulfide) groups is 1. The van der Waals surface area contributed by atoms with Crippen molar-refractivity contribution in [3.05, 3.63) is 34.9 Å². The summed E-state index contributed by atoms with van der Waals surface area (Å²) in [5.41, 5.74) is 2.25. The minimum absolute atomic E-state index is 0.0207. The van der Waals surface area contributed by atoms with E-state index in [1.54, 1.807) is 37.4 Å². The molecule has 4 atom stereocenters. The molecule has 3 amide bonds. The zero-order valence-corrected chi connectivity index (χ0v) is 25.4. The molecule has 210 valence electrons. The molecule has 7 nitrogen and oxygen atoms in total. The van der Waals surface area contributed by atoms with Crippen molar-refractivity contribution in [3.8, 4) is 0 Å². The third-order valence-corrected chi connectivity index (χ3v) is 7.05. The lowest BCUT2D eigenvalue weighted by molar-refractivity contribution is -0.145. The van der Waals surface area contributed by atoms with Gasteiger partial charge in [0.25, 0.3) is 0 Å². The summed E-state index contributed by atoms with van der Waals surface area (Å²) in [6.45, 7) is 17.4. The second kappa shape index (κ2) is 15.3. The molecule has 0 saturated carbocycles. The van der Waals surface area contributed by atoms with E-state index in [4.69, 9.17) is 4.74 Å². The van der Waals surface area contributed by atoms with Crippen LogP contribution in [0.1, 0.15) is 96.9 Å². The van der Waals surface area contributed by atoms with Crippen molar-refractivity contribution in [3.63, 3.8) is 0 Å². The lowest BCUT2D eigenvalue weighted by Gasteiger charge is -2.38. The van der Waals surface area contributed by atoms with Gasteiger partial charge in [-0.2, -0.15) is 11.8 Å². The smallest absolute Gasteiger partial charge is 0.408 e. The maximum atomic E-state index is 14.2. The van der Waals surface area contributed by atoms with Crippen molar-refractivity contribution >= 4 is 29.7 Å². The minimum atomic E-state index is -0.821. The molecule has 37 heavy (non-hydrogen) atoms. The van der Waals surface area contributed by atoms with Gasteiger partial charge in [-0.15, -0.1) is 0 Å². The van der Waals surface area contributed by atoms with Gasteiger partial charge in [0.15, 0.2) is 0 Å². The maximum absolute atomic E-state index is 14.2. The van der Waals surface area contributed by atoms with Crippen LogP contribution in [0.3, 0.4) is 0 Å². The second-order valence-electron chi connectivity index (χ2n) is 10.9. The van der Waals surface area contributed by atoms with Crippen LogP contribution in [0.25, 0.3) is 0 Å². The normalized spacial score (nSPS) is 14.8. The van der Waals surface area contributed by atoms with Crippen LogP contribution in [0, 0.1) is 13.8 Å². The van der Waals surface area contributed by atoms with Gasteiger partial charge in [-0.05, 0) is 96.4 Å². The Labute approximate surface area is 228 Å². The predicted molar refractivity (Wildman–Crippen MR) is 154 cm³/mol. The number of carbonyl (C=O) groups excluding carboxylic acids is 3. The SMILES string of the molecule is CCCC(C)NC(=O)C(c1ccc(C)c(C)c1)N(C(=O)C(CCSC)NC(=O)OC(C)(C)C)C(C)CC. The molecule has 0 fully saturated rings. The highest BCUT2D eigenvalue weighted by Gasteiger charge is 2.38. The van der Waals surface area contributed by atoms with Crippen LogP contribution in [-0.2, 0) is 14.3 Å². The summed E-state index contributed by atoms with van der Waals surface area (Å²) in [5, 5.41) is 5.93. The second-order valence-corrected chi connectivity index (χ2v) is 11.9. The molecule has 0 spiro atoms. The van der Waals surface area contributed by atoms with Crippen LogP contribution in [0.2, 0.25) is 0 Å². The summed E-state index contributed by atoms with van der Waals surface area (Å²) in [7, 11) is 0. The average molecular weight is 536 g/mol. The lowest BCUT2D eigenvalue weighted by Crippen LogP contribution is -2.56. The van der Waals surface area contributed by atoms with E-state index in [1.807, 2.05) is 59.1 Å². The number of amides is 3. The molecule has 4 unspecified atom stereocenters. The molecular weight excluding hydrogens is 486 g/mol. The number of carbonyl (C=O) groups is 3. The first-order valence-electron chi connectivity index (χ1n) is 13.4. The van der Waals surface area contributed by atoms with Crippen LogP contribution in [-0.4, -0.2) is 58.5 Å². The van der Waals surface area contributed by atoms with E-state index in [1.165, 1.54) is 0 Å². The monoisotopic (exact) mass is 535 g/mol. The molecule has 2 N–H and O–H groups in total. The molecular formula is C29H49N3O4S. The van der Waals surface area contributed by atoms with Crippen LogP contribution < -0.4 is 10.6 Å². The Morgan fingerprint density at radius 2 is 1.68 bits per heavy atom. The van der Waals surface area contributed by atoms with Crippen LogP contribution in [0.4, 0.5) is 4.79 Å². The van der Waals surface area contributed by atoms with Gasteiger partial charge in [0, 0.05) is 12.1 Å². The molecule has 0 bridgehead atoms. The van der Waals surface area contributed by atoms with Gasteiger partial charge in [-0.3, -0.25) is 9.59 Å². The highest BCUT2D eigenvalue weighted by Crippen LogP contribution is 2.28. The Kier molecular flexibility index (Phi) is 13.5. The number of alkyl carbamates (subject to hydrolysis) is 1. The first-order valence-corrected chi connectivity index (χ1v) is 14.8. The van der Waals surface area contributed by atoms with Crippen molar-refractivity contribution in [1.29, 1.82) is 0 Å². The molecule has 0 aliphatic carbocycles. The molecule has 0 heterocycles. The first kappa shape index (κ1) is 32.8. The van der Waals surface area contributed by atoms with Crippen molar-refractivity contribution in [1.82, 2.24) is 15.5 Å². The summed E-state index contributed by atoms with van der Waals surface area (Å²) in [5.74, 6) is 0.184. The van der Waals surface area contributed by atoms with E-state index in [0.717, 1.165) is 29.5 Å². The number of nitrogens with one attached hydrogen (secondary N) is 2. The molecule has 8 heteroatoms. The van der Waals surface area contributed by atoms with E-state index in [-0.39, 0.29) is 23.9 Å². The molecule has 1 rings (SSSR count). The van der Waals surface area contributed by atoms with Crippen LogP contribution in [0.15, 0.2) is 18.2 Å². The summed E-state index contributed by atoms with van der Waals surface area (Å²) >= 11 is 1.60. The molecule has 0 radical (unpaired) electrons. The van der Waals surface area contributed by atoms with Gasteiger partial charge in [0.1, 0.15) is 17.7 Å². The molecule has 0 aromatic heterocycles. The fraction of sp³-hybridized carbons (Fsp3) is 0.690. The molecule has 1 aromatic rings. The Hall–Kier alpha value is -2.22. The fourth-order valence-electron chi connectivity index (χ4n) is 4.12. The van der Waals surface area contributed by atoms with E-state index in [2.05, 4.69) is 17.6 Å². The van der Waals surface area contributed by atoms with Crippen molar-refractivity contribution in [2.24, 2.45) is 0 Å². The number of hydrogen-bond donors (Lipinski definition) is 2. The number of nitrogens with zero attached hydrogens (tertiary/aromatic N) is 1. The van der Waals surface area contributed by atoms with E-state index in [9.17, 15) is 14.4 Å². The van der Waals surface area contributed by atoms with Crippen LogP contribution >= 0.6 is 11.8 Å². The maximum Gasteiger partial charge on any atom is 0.408 e. The van der Waals surface area contributed by atoms with E-state index in [0.29, 0.717) is 18.6 Å². The Bertz CT molecular complexity index is 900. The highest BCUT2D eigenvalue weighted by atomic mass is 32.2. The molecule has 0 aliphatic rings. The number of hydrogen-bond acceptors (Lipinski definition) is 5. The van der Waals surface area contributed by atoms with Crippen molar-refractivity contribution in [2.75, 3.05) is 12.0 Å². The lowest BCUT2D eigenvalue weighted by atomic mass is 9.96. The van der Waals surface area contributed by atoms with Crippen LogP contribution in [0.5, 0.6) is 0 Å². The van der Waals surface area contributed by atoms with E-state index < -0.39 is 23.8 Å². The summed E-state index contributed by atoms with van der Waals surface area (Å²) < 4.78 is 5.46. The largest absolute Gasteiger partial charge is 0.444 e. The summed E-state index contributed by atoms with van der Waals surface area (Å²) in [6, 6.07) is 4.02. The standard InChI is InChI=1S/C29H49N3O4S/c1-11-13-21(5)30-26(33)25(23-15-14-19(3)20(4)18-23)32(22(6)12-2)27(34)24(16-17-37-10)31-28(35)36-29(7,8)9/h14-15,18,21-22,24-25H,11-13,16-17H2,1-10H3,(H,30,33)(H,31,35). The number of aryl methyl sites for hydroxylation is 2. The zero-order chi connectivity index (χ0) is 28.3. The number of rotatable bonds is 13. The van der Waals surface area contributed by atoms with Gasteiger partial charge in [0.05, 0.1) is 0 Å². The van der Waals surface area contributed by atoms with Gasteiger partial charge >= 0.3 is 6.09 Å². The fourth-order valence-corrected chi connectivity index (χ4v) is 4.59. The average Bonchev–Trinajstić information content (AvgIpc) is 2.79. The first-order chi connectivity index (χ1) is 17.2. The van der Waals surface area contributed by atoms with Gasteiger partial charge in [0.2, 0.25) is 11.8 Å².